The van der Waals surface area contributed by atoms with Crippen molar-refractivity contribution in [1.82, 2.24) is 41.2 Å². The lowest BCUT2D eigenvalue weighted by molar-refractivity contribution is -0.345. The van der Waals surface area contributed by atoms with Gasteiger partial charge < -0.3 is 103 Å². The number of amides is 4. The number of anilines is 2. The first-order chi connectivity index (χ1) is 62.4. The number of nitrogen functional groups attached to an aromatic ring is 1. The van der Waals surface area contributed by atoms with Crippen LogP contribution in [0.1, 0.15) is 161 Å². The fourth-order valence-corrected chi connectivity index (χ4v) is 19.2. The monoisotopic (exact) mass is 1870 g/mol. The van der Waals surface area contributed by atoms with Crippen molar-refractivity contribution in [2.24, 2.45) is 51.0 Å². The smallest absolute Gasteiger partial charge is 0.338 e. The number of hydrogen-bond donors (Lipinski definition) is 15. The predicted molar refractivity (Wildman–Crippen MR) is 474 cm³/mol. The maximum Gasteiger partial charge on any atom is 0.338 e. The van der Waals surface area contributed by atoms with Gasteiger partial charge in [0.1, 0.15) is 53.7 Å². The third kappa shape index (κ3) is 25.3. The number of carboxylic acids is 4. The largest absolute Gasteiger partial charge is 0.481 e. The Morgan fingerprint density at radius 1 is 0.697 bits per heavy atom. The van der Waals surface area contributed by atoms with E-state index in [1.165, 1.54) is 74.3 Å². The van der Waals surface area contributed by atoms with Crippen LogP contribution >= 0.6 is 21.6 Å². The topological polar surface area (TPSA) is 655 Å². The summed E-state index contributed by atoms with van der Waals surface area (Å²) >= 11 is 0. The van der Waals surface area contributed by atoms with Gasteiger partial charge in [0.15, 0.2) is 34.6 Å². The molecule has 3 aliphatic carbocycles. The van der Waals surface area contributed by atoms with Crippen LogP contribution in [0.15, 0.2) is 142 Å². The van der Waals surface area contributed by atoms with E-state index in [4.69, 9.17) is 45.6 Å². The van der Waals surface area contributed by atoms with E-state index in [0.717, 1.165) is 10.8 Å². The number of rotatable bonds is 43. The number of aromatic amines is 1. The van der Waals surface area contributed by atoms with Crippen LogP contribution in [0.25, 0.3) is 11.2 Å². The molecule has 41 nitrogen and oxygen atoms in total. The van der Waals surface area contributed by atoms with Crippen molar-refractivity contribution in [3.05, 3.63) is 171 Å². The molecule has 1 unspecified atom stereocenters. The van der Waals surface area contributed by atoms with Crippen LogP contribution < -0.4 is 49.3 Å². The molecule has 6 aromatic rings. The highest BCUT2D eigenvalue weighted by atomic mass is 33.1. The zero-order valence-corrected chi connectivity index (χ0v) is 75.0. The van der Waals surface area contributed by atoms with E-state index in [-0.39, 0.29) is 84.5 Å². The summed E-state index contributed by atoms with van der Waals surface area (Å²) in [6, 6.07) is 24.7. The van der Waals surface area contributed by atoms with Gasteiger partial charge >= 0.3 is 47.8 Å². The van der Waals surface area contributed by atoms with Gasteiger partial charge in [0.05, 0.1) is 85.3 Å². The van der Waals surface area contributed by atoms with Crippen molar-refractivity contribution in [2.45, 2.75) is 185 Å². The normalized spacial score (nSPS) is 21.9. The number of aliphatic imine (C=N–C) groups is 1. The number of H-pyrrole nitrogens is 1. The fourth-order valence-electron chi connectivity index (χ4n) is 17.1. The highest BCUT2D eigenvalue weighted by Crippen LogP contribution is 2.65. The number of aliphatic hydroxyl groups is 2. The van der Waals surface area contributed by atoms with E-state index in [0.29, 0.717) is 40.5 Å². The highest BCUT2D eigenvalue weighted by molar-refractivity contribution is 8.76. The molecule has 4 amide bonds. The van der Waals surface area contributed by atoms with E-state index in [1.807, 2.05) is 0 Å². The van der Waals surface area contributed by atoms with Crippen molar-refractivity contribution < 1.29 is 131 Å². The van der Waals surface area contributed by atoms with Gasteiger partial charge in [-0.3, -0.25) is 67.5 Å². The summed E-state index contributed by atoms with van der Waals surface area (Å²) in [6.45, 7) is 10.9. The van der Waals surface area contributed by atoms with Crippen molar-refractivity contribution in [1.29, 1.82) is 0 Å². The molecule has 1 saturated heterocycles. The van der Waals surface area contributed by atoms with Gasteiger partial charge in [-0.1, -0.05) is 109 Å². The number of Topliss-reactive ketones (excluding diaryl/α,β-unsaturated/α-hetero) is 3. The number of carbonyl (C=O) groups excluding carboxylic acids is 11. The fraction of sp³-hybridized carbons (Fsp3) is 0.461. The van der Waals surface area contributed by atoms with Crippen LogP contribution in [0.2, 0.25) is 0 Å². The quantitative estimate of drug-likeness (QED) is 0.00487. The third-order valence-electron chi connectivity index (χ3n) is 23.7. The van der Waals surface area contributed by atoms with E-state index in [9.17, 15) is 103 Å². The molecule has 43 heteroatoms. The number of ketones is 3. The molecule has 1 aliphatic heterocycles. The number of nitrogens with one attached hydrogen (secondary N) is 6. The van der Waals surface area contributed by atoms with Crippen molar-refractivity contribution >= 4 is 139 Å². The second-order valence-electron chi connectivity index (χ2n) is 33.0. The summed E-state index contributed by atoms with van der Waals surface area (Å²) in [6.07, 6.45) is -10.7. The number of esters is 4. The lowest BCUT2D eigenvalue weighted by Gasteiger charge is -2.67. The van der Waals surface area contributed by atoms with E-state index in [2.05, 4.69) is 51.5 Å². The number of guanidine groups is 1. The summed E-state index contributed by atoms with van der Waals surface area (Å²) in [7, 11) is 3.87. The van der Waals surface area contributed by atoms with Gasteiger partial charge in [0.2, 0.25) is 17.8 Å². The maximum absolute atomic E-state index is 15.6. The Labute approximate surface area is 763 Å². The summed E-state index contributed by atoms with van der Waals surface area (Å²) in [4.78, 5) is 229. The number of nitrogens with two attached hydrogens (primary N) is 3. The standard InChI is InChI=1S/C48H53NO13.C41H54N12O15S2/c1-26-33(60-44(56)38(52)37(30-17-11-8-12-18-30)49-42(54)31-19-13-9-14-20-31)24-48(57)41(61-43(55)32-21-15-10-16-22-32)39-46(7,40(53)27(2)36(26)45(48,5)6)34(59-28(3)50)23-35-47(39,25-58-35)62-29(4)51;1-68-11-12-69-70-19-28(39(66)67)51-36(62)22(16-31(58)59)14-29(55)26(3-2-10-45-40(42)43)49-35(61)21(15-30(56)57)13-25(54)8-9-27(38(64)65)50-34(60)20-4-6-23(7-5-20)46-17-24-18-47-33-32(48-24)37(63)53-41(44)52-33/h8-22,27,33-35,37-39,41,52,57H,23-25H2,1-7H3,(H,49,54);4-7,18,21-22,26-28,46H,2-3,8-17,19H2,1H3,(H,49,61)(H,50,60)(H,51,62)(H,56,57)(H,58,59)(H,64,65)(H,66,67)(H4,42,43,45)(H3,44,47,52,53,63)/t27-,33+,34+,35-,37+,38-,39?,41+,46-,47+,48-;21-,22-,26-,27-,28-/m10/s1. The van der Waals surface area contributed by atoms with Crippen LogP contribution in [-0.2, 0) is 92.5 Å². The molecule has 0 spiro atoms. The second-order valence-corrected chi connectivity index (χ2v) is 35.6. The molecular formula is C89H107N13O28S2. The summed E-state index contributed by atoms with van der Waals surface area (Å²) in [5.41, 5.74) is 11.2. The van der Waals surface area contributed by atoms with E-state index in [1.54, 1.807) is 113 Å². The highest BCUT2D eigenvalue weighted by Gasteiger charge is 2.78. The molecule has 4 aliphatic rings. The number of methoxy groups -OCH3 is 1. The first kappa shape index (κ1) is 103. The lowest BCUT2D eigenvalue weighted by atomic mass is 9.43. The number of aromatic nitrogens is 4. The van der Waals surface area contributed by atoms with Crippen LogP contribution in [0.5, 0.6) is 0 Å². The molecule has 132 heavy (non-hydrogen) atoms. The number of nitrogens with zero attached hydrogens (tertiary/aromatic N) is 4. The lowest BCUT2D eigenvalue weighted by Crippen LogP contribution is -2.81. The Bertz CT molecular complexity index is 5400. The number of ether oxygens (including phenoxy) is 6. The molecule has 2 saturated carbocycles. The number of aliphatic hydroxyl groups excluding tert-OH is 1. The molecule has 3 heterocycles. The van der Waals surface area contributed by atoms with Crippen LogP contribution in [0, 0.1) is 34.5 Å². The first-order valence-corrected chi connectivity index (χ1v) is 44.4. The predicted octanol–water partition coefficient (Wildman–Crippen LogP) is 4.12. The molecular weight excluding hydrogens is 1760 g/mol. The van der Waals surface area contributed by atoms with E-state index >= 15 is 4.79 Å². The molecule has 708 valence electrons. The van der Waals surface area contributed by atoms with Gasteiger partial charge in [0, 0.05) is 99.3 Å². The zero-order chi connectivity index (χ0) is 96.9. The SMILES string of the molecule is CC(=O)O[C@H]1C[C@H]2OC[C@@]2(OC(C)=O)C2[C@H](OC(=O)c3ccccc3)[C@]3(O)C[C@H](OC(=O)[C@H](O)[C@@H](NC(=O)c4ccccc4)c4ccccc4)C(C)=C([C@@H](C)C(=O)[C@@]21C)C3(C)C.COCCSSC[C@H](NC(=O)[C@H](CC(=O)O)CC(=O)[C@H](CCCN=C(N)N)NC(=O)[C@H](CC(=O)O)CC(=O)CC[C@H](NC(=O)c1ccc(NCc2cnc3nc(N)[nH]c(=O)c3n2)cc1)C(=O)O)C(=O)O. The average Bonchev–Trinajstić information content (AvgIpc) is 0.666. The van der Waals surface area contributed by atoms with Gasteiger partial charge in [-0.15, -0.1) is 0 Å². The Morgan fingerprint density at radius 2 is 1.29 bits per heavy atom. The van der Waals surface area contributed by atoms with Gasteiger partial charge in [-0.05, 0) is 98.4 Å². The summed E-state index contributed by atoms with van der Waals surface area (Å²) in [5, 5.41) is 77.1. The number of fused-ring (bicyclic) bond motifs is 6. The molecule has 10 rings (SSSR count). The molecule has 3 fully saturated rings. The first-order valence-electron chi connectivity index (χ1n) is 42.0. The summed E-state index contributed by atoms with van der Waals surface area (Å²) in [5.74, 6) is -20.7. The number of benzene rings is 4. The molecule has 16 atom stereocenters. The zero-order valence-electron chi connectivity index (χ0n) is 73.4. The maximum atomic E-state index is 15.6. The molecule has 18 N–H and O–H groups in total. The third-order valence-corrected chi connectivity index (χ3v) is 26.1. The van der Waals surface area contributed by atoms with Gasteiger partial charge in [-0.25, -0.2) is 29.1 Å². The number of carboxylic acid groups (broad SMARTS) is 4. The minimum Gasteiger partial charge on any atom is -0.481 e. The Hall–Kier alpha value is -13.1. The van der Waals surface area contributed by atoms with Crippen LogP contribution in [0.4, 0.5) is 11.6 Å². The number of carbonyl (C=O) groups is 15. The summed E-state index contributed by atoms with van der Waals surface area (Å²) < 4.78 is 35.7. The number of aliphatic carboxylic acids is 4. The Morgan fingerprint density at radius 3 is 1.86 bits per heavy atom. The van der Waals surface area contributed by atoms with Gasteiger partial charge in [-0.2, -0.15) is 4.98 Å². The van der Waals surface area contributed by atoms with Crippen LogP contribution in [-0.4, -0.2) is 243 Å². The molecule has 4 aromatic carbocycles. The minimum atomic E-state index is -2.23. The van der Waals surface area contributed by atoms with Crippen LogP contribution in [0.3, 0.4) is 0 Å². The molecule has 0 radical (unpaired) electrons. The molecule has 2 aromatic heterocycles. The molecule has 2 bridgehead atoms. The van der Waals surface area contributed by atoms with Crippen molar-refractivity contribution in [3.63, 3.8) is 0 Å². The van der Waals surface area contributed by atoms with E-state index < -0.39 is 240 Å². The second kappa shape index (κ2) is 45.6. The Balaban J connectivity index is 0.000000299. The minimum absolute atomic E-state index is 0.0202. The van der Waals surface area contributed by atoms with Gasteiger partial charge in [0.25, 0.3) is 17.4 Å². The Kier molecular flexibility index (Phi) is 35.5. The average molecular weight is 1870 g/mol. The van der Waals surface area contributed by atoms with Crippen molar-refractivity contribution in [2.75, 3.05) is 49.4 Å². The number of hydrogen-bond acceptors (Lipinski definition) is 32. The van der Waals surface area contributed by atoms with Crippen molar-refractivity contribution in [3.8, 4) is 0 Å².